The Bertz CT molecular complexity index is 977. The van der Waals surface area contributed by atoms with E-state index in [1.54, 1.807) is 12.3 Å². The van der Waals surface area contributed by atoms with E-state index in [1.165, 1.54) is 4.52 Å². The highest BCUT2D eigenvalue weighted by atomic mass is 35.5. The number of furan rings is 1. The van der Waals surface area contributed by atoms with Crippen molar-refractivity contribution in [3.05, 3.63) is 65.1 Å². The Morgan fingerprint density at radius 1 is 1.13 bits per heavy atom. The fraction of sp³-hybridized carbons (Fsp3) is 0.0625. The summed E-state index contributed by atoms with van der Waals surface area (Å²) in [6.45, 7) is 0. The van der Waals surface area contributed by atoms with Crippen LogP contribution in [0.5, 0.6) is 0 Å². The SMILES string of the molecule is Nc1nc(Cc2ccccc2Cl)nc2cc(-c3ccco3)nn12. The van der Waals surface area contributed by atoms with Gasteiger partial charge in [0.25, 0.3) is 0 Å². The van der Waals surface area contributed by atoms with Crippen LogP contribution in [0, 0.1) is 0 Å². The highest BCUT2D eigenvalue weighted by Crippen LogP contribution is 2.22. The van der Waals surface area contributed by atoms with Crippen molar-refractivity contribution < 1.29 is 4.42 Å². The number of hydrogen-bond donors (Lipinski definition) is 1. The molecule has 0 radical (unpaired) electrons. The van der Waals surface area contributed by atoms with Crippen molar-refractivity contribution in [2.24, 2.45) is 0 Å². The van der Waals surface area contributed by atoms with E-state index < -0.39 is 0 Å². The largest absolute Gasteiger partial charge is 0.463 e. The first-order valence-corrected chi connectivity index (χ1v) is 7.38. The molecule has 23 heavy (non-hydrogen) atoms. The lowest BCUT2D eigenvalue weighted by Crippen LogP contribution is -2.08. The molecule has 2 N–H and O–H groups in total. The van der Waals surface area contributed by atoms with Gasteiger partial charge in [0.15, 0.2) is 11.4 Å². The zero-order valence-electron chi connectivity index (χ0n) is 12.0. The molecule has 114 valence electrons. The quantitative estimate of drug-likeness (QED) is 0.625. The maximum absolute atomic E-state index is 6.19. The zero-order valence-corrected chi connectivity index (χ0v) is 12.7. The van der Waals surface area contributed by atoms with Crippen LogP contribution in [0.25, 0.3) is 17.1 Å². The standard InChI is InChI=1S/C16H12ClN5O/c17-11-5-2-1-4-10(11)8-14-19-15-9-12(13-6-3-7-23-13)21-22(15)16(18)20-14/h1-7,9H,8H2,(H2,18,19,20). The zero-order chi connectivity index (χ0) is 15.8. The molecule has 3 aromatic heterocycles. The molecule has 0 aliphatic heterocycles. The highest BCUT2D eigenvalue weighted by Gasteiger charge is 2.13. The van der Waals surface area contributed by atoms with Gasteiger partial charge in [-0.2, -0.15) is 14.6 Å². The Hall–Kier alpha value is -2.86. The predicted octanol–water partition coefficient (Wildman–Crippen LogP) is 3.21. The van der Waals surface area contributed by atoms with Crippen LogP contribution in [0.1, 0.15) is 11.4 Å². The normalized spacial score (nSPS) is 11.2. The van der Waals surface area contributed by atoms with E-state index in [-0.39, 0.29) is 5.95 Å². The van der Waals surface area contributed by atoms with Crippen LogP contribution in [0.15, 0.2) is 53.1 Å². The molecule has 0 fully saturated rings. The third-order valence-electron chi connectivity index (χ3n) is 3.47. The van der Waals surface area contributed by atoms with Crippen molar-refractivity contribution >= 4 is 23.2 Å². The van der Waals surface area contributed by atoms with Crippen molar-refractivity contribution in [2.75, 3.05) is 5.73 Å². The van der Waals surface area contributed by atoms with E-state index in [1.807, 2.05) is 36.4 Å². The molecule has 1 aromatic carbocycles. The minimum absolute atomic E-state index is 0.273. The molecular formula is C16H12ClN5O. The van der Waals surface area contributed by atoms with E-state index >= 15 is 0 Å². The van der Waals surface area contributed by atoms with Crippen molar-refractivity contribution in [3.8, 4) is 11.5 Å². The van der Waals surface area contributed by atoms with E-state index in [0.29, 0.717) is 34.4 Å². The molecule has 4 rings (SSSR count). The molecule has 0 amide bonds. The van der Waals surface area contributed by atoms with Crippen LogP contribution in [0.2, 0.25) is 5.02 Å². The van der Waals surface area contributed by atoms with Crippen molar-refractivity contribution in [1.82, 2.24) is 19.6 Å². The van der Waals surface area contributed by atoms with Gasteiger partial charge in [0.2, 0.25) is 5.95 Å². The Labute approximate surface area is 136 Å². The summed E-state index contributed by atoms with van der Waals surface area (Å²) in [5.41, 5.74) is 8.22. The maximum Gasteiger partial charge on any atom is 0.224 e. The summed E-state index contributed by atoms with van der Waals surface area (Å²) in [5.74, 6) is 1.52. The molecule has 0 unspecified atom stereocenters. The first-order valence-electron chi connectivity index (χ1n) is 7.00. The Balaban J connectivity index is 1.76. The molecule has 0 aliphatic rings. The Morgan fingerprint density at radius 3 is 2.78 bits per heavy atom. The molecule has 0 spiro atoms. The molecule has 7 heteroatoms. The Kier molecular flexibility index (Phi) is 3.24. The van der Waals surface area contributed by atoms with Gasteiger partial charge in [-0.15, -0.1) is 0 Å². The van der Waals surface area contributed by atoms with Gasteiger partial charge in [-0.1, -0.05) is 29.8 Å². The van der Waals surface area contributed by atoms with Crippen LogP contribution < -0.4 is 5.73 Å². The summed E-state index contributed by atoms with van der Waals surface area (Å²) in [6, 6.07) is 13.0. The summed E-state index contributed by atoms with van der Waals surface area (Å²) < 4.78 is 6.84. The van der Waals surface area contributed by atoms with E-state index in [4.69, 9.17) is 21.8 Å². The molecule has 0 atom stereocenters. The smallest absolute Gasteiger partial charge is 0.224 e. The van der Waals surface area contributed by atoms with Gasteiger partial charge < -0.3 is 10.2 Å². The van der Waals surface area contributed by atoms with Gasteiger partial charge in [-0.3, -0.25) is 0 Å². The summed E-state index contributed by atoms with van der Waals surface area (Å²) in [6.07, 6.45) is 2.10. The van der Waals surface area contributed by atoms with E-state index in [9.17, 15) is 0 Å². The number of nitrogens with zero attached hydrogens (tertiary/aromatic N) is 4. The molecule has 4 aromatic rings. The van der Waals surface area contributed by atoms with Gasteiger partial charge in [0, 0.05) is 17.5 Å². The Morgan fingerprint density at radius 2 is 2.00 bits per heavy atom. The van der Waals surface area contributed by atoms with Gasteiger partial charge in [-0.05, 0) is 23.8 Å². The number of hydrogen-bond acceptors (Lipinski definition) is 5. The number of anilines is 1. The second-order valence-electron chi connectivity index (χ2n) is 5.04. The fourth-order valence-electron chi connectivity index (χ4n) is 2.39. The molecule has 0 aliphatic carbocycles. The third-order valence-corrected chi connectivity index (χ3v) is 3.84. The average molecular weight is 326 g/mol. The van der Waals surface area contributed by atoms with E-state index in [0.717, 1.165) is 5.56 Å². The van der Waals surface area contributed by atoms with Crippen LogP contribution in [0.4, 0.5) is 5.95 Å². The maximum atomic E-state index is 6.19. The topological polar surface area (TPSA) is 82.2 Å². The lowest BCUT2D eigenvalue weighted by molar-refractivity contribution is 0.579. The van der Waals surface area contributed by atoms with Crippen LogP contribution in [-0.2, 0) is 6.42 Å². The van der Waals surface area contributed by atoms with Crippen LogP contribution >= 0.6 is 11.6 Å². The average Bonchev–Trinajstić information content (AvgIpc) is 3.18. The lowest BCUT2D eigenvalue weighted by Gasteiger charge is -2.05. The predicted molar refractivity (Wildman–Crippen MR) is 87.2 cm³/mol. The minimum atomic E-state index is 0.273. The number of fused-ring (bicyclic) bond motifs is 1. The number of benzene rings is 1. The molecule has 6 nitrogen and oxygen atoms in total. The summed E-state index contributed by atoms with van der Waals surface area (Å²) >= 11 is 6.19. The van der Waals surface area contributed by atoms with Gasteiger partial charge in [0.1, 0.15) is 11.5 Å². The van der Waals surface area contributed by atoms with E-state index in [2.05, 4.69) is 15.1 Å². The molecule has 0 bridgehead atoms. The summed E-state index contributed by atoms with van der Waals surface area (Å²) in [7, 11) is 0. The number of nitrogen functional groups attached to an aromatic ring is 1. The molecule has 0 saturated heterocycles. The second-order valence-corrected chi connectivity index (χ2v) is 5.45. The second kappa shape index (κ2) is 5.40. The first kappa shape index (κ1) is 13.8. The first-order chi connectivity index (χ1) is 11.2. The number of halogens is 1. The monoisotopic (exact) mass is 325 g/mol. The summed E-state index contributed by atoms with van der Waals surface area (Å²) in [5, 5.41) is 5.05. The summed E-state index contributed by atoms with van der Waals surface area (Å²) in [4.78, 5) is 8.82. The minimum Gasteiger partial charge on any atom is -0.463 e. The number of nitrogens with two attached hydrogens (primary N) is 1. The van der Waals surface area contributed by atoms with Gasteiger partial charge >= 0.3 is 0 Å². The number of aromatic nitrogens is 4. The molecule has 3 heterocycles. The fourth-order valence-corrected chi connectivity index (χ4v) is 2.59. The molecular weight excluding hydrogens is 314 g/mol. The van der Waals surface area contributed by atoms with Crippen molar-refractivity contribution in [3.63, 3.8) is 0 Å². The number of rotatable bonds is 3. The van der Waals surface area contributed by atoms with Crippen molar-refractivity contribution in [1.29, 1.82) is 0 Å². The molecule has 0 saturated carbocycles. The van der Waals surface area contributed by atoms with Crippen molar-refractivity contribution in [2.45, 2.75) is 6.42 Å². The van der Waals surface area contributed by atoms with Gasteiger partial charge in [-0.25, -0.2) is 4.98 Å². The highest BCUT2D eigenvalue weighted by molar-refractivity contribution is 6.31. The lowest BCUT2D eigenvalue weighted by atomic mass is 10.1. The third kappa shape index (κ3) is 2.53. The van der Waals surface area contributed by atoms with Crippen LogP contribution in [0.3, 0.4) is 0 Å². The van der Waals surface area contributed by atoms with Gasteiger partial charge in [0.05, 0.1) is 6.26 Å². The van der Waals surface area contributed by atoms with Crippen LogP contribution in [-0.4, -0.2) is 19.6 Å².